The molecule has 2 unspecified atom stereocenters. The normalized spacial score (nSPS) is 16.7. The van der Waals surface area contributed by atoms with Crippen LogP contribution in [0, 0.1) is 0 Å². The molecule has 12 heteroatoms. The fourth-order valence-corrected chi connectivity index (χ4v) is 5.24. The van der Waals surface area contributed by atoms with Crippen LogP contribution in [0.2, 0.25) is 10.0 Å². The lowest BCUT2D eigenvalue weighted by Crippen LogP contribution is -2.44. The quantitative estimate of drug-likeness (QED) is 0.191. The molecule has 7 nitrogen and oxygen atoms in total. The molecular formula is C31H28Cl2F3N5O2. The SMILES string of the molecule is CCOc1cc(C(F)(F)F)ccc1C1=NC(c2ccc(Cl)cc2)C(c2ccc(Cl)cc2)N1C(=O)NCCCn1ccnc1. The number of urea groups is 1. The Hall–Kier alpha value is -4.02. The van der Waals surface area contributed by atoms with E-state index < -0.39 is 29.9 Å². The maximum Gasteiger partial charge on any atom is 0.416 e. The van der Waals surface area contributed by atoms with E-state index in [1.165, 1.54) is 11.0 Å². The number of ether oxygens (including phenoxy) is 1. The van der Waals surface area contributed by atoms with Gasteiger partial charge in [0.2, 0.25) is 0 Å². The van der Waals surface area contributed by atoms with Crippen LogP contribution in [-0.2, 0) is 12.7 Å². The van der Waals surface area contributed by atoms with Crippen molar-refractivity contribution in [2.24, 2.45) is 4.99 Å². The lowest BCUT2D eigenvalue weighted by Gasteiger charge is -2.30. The molecule has 43 heavy (non-hydrogen) atoms. The van der Waals surface area contributed by atoms with E-state index in [1.807, 2.05) is 35.0 Å². The Balaban J connectivity index is 1.59. The molecule has 2 heterocycles. The maximum absolute atomic E-state index is 14.0. The molecule has 1 aliphatic heterocycles. The van der Waals surface area contributed by atoms with Gasteiger partial charge in [-0.25, -0.2) is 9.78 Å². The van der Waals surface area contributed by atoms with Crippen molar-refractivity contribution >= 4 is 35.1 Å². The number of halogens is 5. The van der Waals surface area contributed by atoms with Crippen molar-refractivity contribution in [2.45, 2.75) is 38.1 Å². The van der Waals surface area contributed by atoms with Crippen molar-refractivity contribution in [3.8, 4) is 5.75 Å². The molecule has 0 aliphatic carbocycles. The van der Waals surface area contributed by atoms with Gasteiger partial charge in [-0.1, -0.05) is 47.5 Å². The first-order valence-corrected chi connectivity index (χ1v) is 14.4. The zero-order valence-electron chi connectivity index (χ0n) is 23.1. The largest absolute Gasteiger partial charge is 0.493 e. The molecular weight excluding hydrogens is 602 g/mol. The van der Waals surface area contributed by atoms with Crippen LogP contribution in [0.1, 0.15) is 47.7 Å². The fourth-order valence-electron chi connectivity index (χ4n) is 4.99. The van der Waals surface area contributed by atoms with Crippen molar-refractivity contribution in [1.29, 1.82) is 0 Å². The Labute approximate surface area is 256 Å². The monoisotopic (exact) mass is 629 g/mol. The Kier molecular flexibility index (Phi) is 9.27. The number of benzene rings is 3. The highest BCUT2D eigenvalue weighted by atomic mass is 35.5. The highest BCUT2D eigenvalue weighted by Gasteiger charge is 2.43. The van der Waals surface area contributed by atoms with Gasteiger partial charge in [-0.2, -0.15) is 13.2 Å². The van der Waals surface area contributed by atoms with Gasteiger partial charge in [0.1, 0.15) is 17.6 Å². The van der Waals surface area contributed by atoms with Crippen LogP contribution in [0.3, 0.4) is 0 Å². The summed E-state index contributed by atoms with van der Waals surface area (Å²) >= 11 is 12.4. The number of nitrogens with one attached hydrogen (secondary N) is 1. The molecule has 1 aromatic heterocycles. The van der Waals surface area contributed by atoms with E-state index in [-0.39, 0.29) is 23.8 Å². The summed E-state index contributed by atoms with van der Waals surface area (Å²) in [7, 11) is 0. The van der Waals surface area contributed by atoms with Crippen LogP contribution in [-0.4, -0.2) is 39.5 Å². The summed E-state index contributed by atoms with van der Waals surface area (Å²) in [6, 6.07) is 15.6. The molecule has 0 radical (unpaired) electrons. The summed E-state index contributed by atoms with van der Waals surface area (Å²) < 4.78 is 48.5. The molecule has 0 saturated heterocycles. The number of rotatable bonds is 9. The molecule has 2 atom stereocenters. The number of aryl methyl sites for hydroxylation is 1. The number of hydrogen-bond acceptors (Lipinski definition) is 4. The number of amides is 2. The van der Waals surface area contributed by atoms with Gasteiger partial charge in [-0.05, 0) is 66.9 Å². The molecule has 3 aromatic carbocycles. The van der Waals surface area contributed by atoms with Gasteiger partial charge < -0.3 is 14.6 Å². The van der Waals surface area contributed by atoms with Gasteiger partial charge in [0.05, 0.1) is 30.1 Å². The lowest BCUT2D eigenvalue weighted by molar-refractivity contribution is -0.137. The number of nitrogens with zero attached hydrogens (tertiary/aromatic N) is 4. The third kappa shape index (κ3) is 6.97. The summed E-state index contributed by atoms with van der Waals surface area (Å²) in [6.45, 7) is 2.77. The van der Waals surface area contributed by atoms with Crippen molar-refractivity contribution in [1.82, 2.24) is 19.8 Å². The van der Waals surface area contributed by atoms with E-state index in [4.69, 9.17) is 32.9 Å². The van der Waals surface area contributed by atoms with E-state index in [2.05, 4.69) is 10.3 Å². The molecule has 2 amide bonds. The smallest absolute Gasteiger partial charge is 0.416 e. The minimum Gasteiger partial charge on any atom is -0.493 e. The number of amidine groups is 1. The summed E-state index contributed by atoms with van der Waals surface area (Å²) in [4.78, 5) is 24.5. The number of aliphatic imine (C=N–C) groups is 1. The minimum absolute atomic E-state index is 0.0272. The summed E-state index contributed by atoms with van der Waals surface area (Å²) in [6.07, 6.45) is 1.25. The molecule has 1 N–H and O–H groups in total. The first-order valence-electron chi connectivity index (χ1n) is 13.6. The highest BCUT2D eigenvalue weighted by Crippen LogP contribution is 2.45. The Bertz CT molecular complexity index is 1580. The highest BCUT2D eigenvalue weighted by molar-refractivity contribution is 6.30. The number of hydrogen-bond donors (Lipinski definition) is 1. The zero-order valence-corrected chi connectivity index (χ0v) is 24.6. The van der Waals surface area contributed by atoms with E-state index in [0.29, 0.717) is 29.6 Å². The molecule has 0 bridgehead atoms. The molecule has 0 fully saturated rings. The van der Waals surface area contributed by atoms with Gasteiger partial charge in [0.25, 0.3) is 0 Å². The molecule has 0 spiro atoms. The number of alkyl halides is 3. The van der Waals surface area contributed by atoms with Gasteiger partial charge in [-0.15, -0.1) is 0 Å². The lowest BCUT2D eigenvalue weighted by atomic mass is 9.94. The van der Waals surface area contributed by atoms with Crippen molar-refractivity contribution in [2.75, 3.05) is 13.2 Å². The predicted molar refractivity (Wildman–Crippen MR) is 160 cm³/mol. The number of carbonyl (C=O) groups is 1. The summed E-state index contributed by atoms with van der Waals surface area (Å²) in [5, 5.41) is 4.02. The molecule has 224 valence electrons. The van der Waals surface area contributed by atoms with Crippen LogP contribution < -0.4 is 10.1 Å². The third-order valence-corrected chi connectivity index (χ3v) is 7.49. The molecule has 1 aliphatic rings. The van der Waals surface area contributed by atoms with Crippen molar-refractivity contribution in [3.05, 3.63) is 118 Å². The third-order valence-electron chi connectivity index (χ3n) is 6.99. The first kappa shape index (κ1) is 30.4. The average Bonchev–Trinajstić information content (AvgIpc) is 3.64. The van der Waals surface area contributed by atoms with Crippen LogP contribution in [0.15, 0.2) is 90.4 Å². The van der Waals surface area contributed by atoms with Crippen molar-refractivity contribution < 1.29 is 22.7 Å². The topological polar surface area (TPSA) is 71.8 Å². The summed E-state index contributed by atoms with van der Waals surface area (Å²) in [5.74, 6) is 0.157. The zero-order chi connectivity index (χ0) is 30.6. The fraction of sp³-hybridized carbons (Fsp3) is 0.258. The van der Waals surface area contributed by atoms with E-state index >= 15 is 0 Å². The van der Waals surface area contributed by atoms with Crippen LogP contribution in [0.4, 0.5) is 18.0 Å². The second kappa shape index (κ2) is 13.1. The first-order chi connectivity index (χ1) is 20.7. The summed E-state index contributed by atoms with van der Waals surface area (Å²) in [5.41, 5.74) is 0.903. The Morgan fingerprint density at radius 3 is 2.28 bits per heavy atom. The van der Waals surface area contributed by atoms with Crippen LogP contribution >= 0.6 is 23.2 Å². The standard InChI is InChI=1S/C31H28Cl2F3N5O2/c1-2-43-26-18-22(31(34,35)36)8-13-25(26)29-39-27(20-4-9-23(32)10-5-20)28(21-6-11-24(33)12-7-21)41(29)30(42)38-14-3-16-40-17-15-37-19-40/h4-13,15,17-19,27-28H,2-3,14,16H2,1H3,(H,38,42). The second-order valence-corrected chi connectivity index (χ2v) is 10.7. The van der Waals surface area contributed by atoms with Gasteiger partial charge in [0, 0.05) is 35.5 Å². The van der Waals surface area contributed by atoms with E-state index in [0.717, 1.165) is 23.3 Å². The Morgan fingerprint density at radius 2 is 1.67 bits per heavy atom. The predicted octanol–water partition coefficient (Wildman–Crippen LogP) is 7.95. The molecule has 4 aromatic rings. The minimum atomic E-state index is -4.58. The van der Waals surface area contributed by atoms with E-state index in [1.54, 1.807) is 43.7 Å². The van der Waals surface area contributed by atoms with E-state index in [9.17, 15) is 18.0 Å². The van der Waals surface area contributed by atoms with Gasteiger partial charge in [-0.3, -0.25) is 9.89 Å². The van der Waals surface area contributed by atoms with Crippen molar-refractivity contribution in [3.63, 3.8) is 0 Å². The second-order valence-electron chi connectivity index (χ2n) is 9.84. The number of aromatic nitrogens is 2. The maximum atomic E-state index is 14.0. The molecule has 0 saturated carbocycles. The number of carbonyl (C=O) groups excluding carboxylic acids is 1. The average molecular weight is 630 g/mol. The number of imidazole rings is 1. The van der Waals surface area contributed by atoms with Crippen LogP contribution in [0.25, 0.3) is 0 Å². The Morgan fingerprint density at radius 1 is 1.00 bits per heavy atom. The van der Waals surface area contributed by atoms with Crippen LogP contribution in [0.5, 0.6) is 5.75 Å². The van der Waals surface area contributed by atoms with Gasteiger partial charge in [0.15, 0.2) is 0 Å². The molecule has 5 rings (SSSR count). The van der Waals surface area contributed by atoms with Gasteiger partial charge >= 0.3 is 12.2 Å².